The minimum absolute atomic E-state index is 0.364. The molecule has 1 aliphatic carbocycles. The van der Waals surface area contributed by atoms with Crippen molar-refractivity contribution >= 4 is 21.0 Å². The van der Waals surface area contributed by atoms with Crippen molar-refractivity contribution in [2.45, 2.75) is 31.1 Å². The van der Waals surface area contributed by atoms with Gasteiger partial charge in [0.15, 0.2) is 9.84 Å². The van der Waals surface area contributed by atoms with Crippen LogP contribution in [0.1, 0.15) is 36.0 Å². The van der Waals surface area contributed by atoms with E-state index in [0.717, 1.165) is 36.1 Å². The van der Waals surface area contributed by atoms with Gasteiger partial charge >= 0.3 is 0 Å². The maximum atomic E-state index is 11.6. The largest absolute Gasteiger partial charge is 0.496 e. The molecule has 0 aromatic heterocycles. The van der Waals surface area contributed by atoms with Gasteiger partial charge < -0.3 is 4.74 Å². The Labute approximate surface area is 143 Å². The predicted molar refractivity (Wildman–Crippen MR) is 97.9 cm³/mol. The summed E-state index contributed by atoms with van der Waals surface area (Å²) in [5.74, 6) is 0.902. The van der Waals surface area contributed by atoms with Crippen LogP contribution in [0.3, 0.4) is 0 Å². The Morgan fingerprint density at radius 1 is 0.917 bits per heavy atom. The van der Waals surface area contributed by atoms with Crippen molar-refractivity contribution < 1.29 is 13.2 Å². The number of hydrogen-bond donors (Lipinski definition) is 0. The molecule has 0 bridgehead atoms. The van der Waals surface area contributed by atoms with Crippen LogP contribution in [0, 0.1) is 6.92 Å². The fourth-order valence-electron chi connectivity index (χ4n) is 3.29. The molecule has 3 nitrogen and oxygen atoms in total. The summed E-state index contributed by atoms with van der Waals surface area (Å²) in [6.45, 7) is 2.04. The summed E-state index contributed by atoms with van der Waals surface area (Å²) in [6.07, 6.45) is 4.41. The zero-order valence-corrected chi connectivity index (χ0v) is 15.1. The van der Waals surface area contributed by atoms with E-state index in [0.29, 0.717) is 4.90 Å². The van der Waals surface area contributed by atoms with Gasteiger partial charge in [0.1, 0.15) is 5.75 Å². The van der Waals surface area contributed by atoms with E-state index in [-0.39, 0.29) is 0 Å². The third kappa shape index (κ3) is 3.24. The summed E-state index contributed by atoms with van der Waals surface area (Å²) in [4.78, 5) is 0.364. The molecule has 4 heteroatoms. The third-order valence-corrected chi connectivity index (χ3v) is 5.73. The lowest BCUT2D eigenvalue weighted by molar-refractivity contribution is 0.411. The van der Waals surface area contributed by atoms with Gasteiger partial charge in [0.25, 0.3) is 0 Å². The van der Waals surface area contributed by atoms with E-state index in [9.17, 15) is 8.42 Å². The van der Waals surface area contributed by atoms with Crippen LogP contribution < -0.4 is 4.74 Å². The van der Waals surface area contributed by atoms with Gasteiger partial charge in [-0.05, 0) is 72.2 Å². The van der Waals surface area contributed by atoms with E-state index >= 15 is 0 Å². The van der Waals surface area contributed by atoms with E-state index in [1.165, 1.54) is 23.0 Å². The Bertz CT molecular complexity index is 891. The highest BCUT2D eigenvalue weighted by Crippen LogP contribution is 2.41. The summed E-state index contributed by atoms with van der Waals surface area (Å²) < 4.78 is 28.7. The van der Waals surface area contributed by atoms with Crippen molar-refractivity contribution in [3.8, 4) is 5.75 Å². The summed E-state index contributed by atoms with van der Waals surface area (Å²) >= 11 is 0. The number of ether oxygens (including phenoxy) is 1. The van der Waals surface area contributed by atoms with Crippen LogP contribution in [-0.2, 0) is 9.84 Å². The van der Waals surface area contributed by atoms with Gasteiger partial charge in [-0.1, -0.05) is 24.3 Å². The van der Waals surface area contributed by atoms with Gasteiger partial charge in [0.2, 0.25) is 0 Å². The van der Waals surface area contributed by atoms with Crippen LogP contribution in [0.25, 0.3) is 11.1 Å². The summed E-state index contributed by atoms with van der Waals surface area (Å²) in [5, 5.41) is 0. The number of allylic oxidation sites excluding steroid dienone is 2. The van der Waals surface area contributed by atoms with Gasteiger partial charge in [-0.15, -0.1) is 0 Å². The Balaban J connectivity index is 2.04. The normalized spacial score (nSPS) is 15.0. The lowest BCUT2D eigenvalue weighted by atomic mass is 9.96. The maximum Gasteiger partial charge on any atom is 0.175 e. The molecule has 0 atom stereocenters. The van der Waals surface area contributed by atoms with Gasteiger partial charge in [0, 0.05) is 6.26 Å². The monoisotopic (exact) mass is 342 g/mol. The Hall–Kier alpha value is -2.07. The SMILES string of the molecule is COc1cc(C2=C(c3ccc(S(C)(=O)=O)cc3)CCC2)ccc1C. The molecule has 0 saturated heterocycles. The van der Waals surface area contributed by atoms with Crippen LogP contribution in [-0.4, -0.2) is 21.8 Å². The summed E-state index contributed by atoms with van der Waals surface area (Å²) in [5.41, 5.74) is 6.06. The smallest absolute Gasteiger partial charge is 0.175 e. The molecule has 2 aromatic carbocycles. The second-order valence-corrected chi connectivity index (χ2v) is 8.31. The molecule has 0 aliphatic heterocycles. The number of rotatable bonds is 4. The molecule has 3 rings (SSSR count). The second kappa shape index (κ2) is 6.44. The maximum absolute atomic E-state index is 11.6. The number of aryl methyl sites for hydroxylation is 1. The fourth-order valence-corrected chi connectivity index (χ4v) is 3.92. The first-order chi connectivity index (χ1) is 11.4. The van der Waals surface area contributed by atoms with E-state index in [1.807, 2.05) is 19.1 Å². The zero-order chi connectivity index (χ0) is 17.3. The van der Waals surface area contributed by atoms with Crippen LogP contribution in [0.15, 0.2) is 47.4 Å². The first-order valence-corrected chi connectivity index (χ1v) is 9.97. The Morgan fingerprint density at radius 3 is 2.08 bits per heavy atom. The van der Waals surface area contributed by atoms with E-state index < -0.39 is 9.84 Å². The van der Waals surface area contributed by atoms with Crippen molar-refractivity contribution in [3.63, 3.8) is 0 Å². The van der Waals surface area contributed by atoms with E-state index in [1.54, 1.807) is 19.2 Å². The third-order valence-electron chi connectivity index (χ3n) is 4.61. The topological polar surface area (TPSA) is 43.4 Å². The minimum atomic E-state index is -3.16. The Morgan fingerprint density at radius 2 is 1.50 bits per heavy atom. The molecular weight excluding hydrogens is 320 g/mol. The highest BCUT2D eigenvalue weighted by molar-refractivity contribution is 7.90. The van der Waals surface area contributed by atoms with E-state index in [2.05, 4.69) is 18.2 Å². The van der Waals surface area contributed by atoms with Crippen molar-refractivity contribution in [3.05, 3.63) is 59.2 Å². The minimum Gasteiger partial charge on any atom is -0.496 e. The number of hydrogen-bond acceptors (Lipinski definition) is 3. The van der Waals surface area contributed by atoms with Gasteiger partial charge in [0.05, 0.1) is 12.0 Å². The van der Waals surface area contributed by atoms with Crippen LogP contribution in [0.5, 0.6) is 5.75 Å². The molecule has 126 valence electrons. The average Bonchev–Trinajstić information content (AvgIpc) is 3.04. The molecule has 0 amide bonds. The number of methoxy groups -OCH3 is 1. The molecule has 0 saturated carbocycles. The van der Waals surface area contributed by atoms with Crippen LogP contribution in [0.4, 0.5) is 0 Å². The zero-order valence-electron chi connectivity index (χ0n) is 14.3. The molecule has 24 heavy (non-hydrogen) atoms. The molecular formula is C20H22O3S. The highest BCUT2D eigenvalue weighted by Gasteiger charge is 2.19. The highest BCUT2D eigenvalue weighted by atomic mass is 32.2. The molecule has 0 heterocycles. The number of benzene rings is 2. The van der Waals surface area contributed by atoms with Crippen molar-refractivity contribution in [1.29, 1.82) is 0 Å². The van der Waals surface area contributed by atoms with Gasteiger partial charge in [-0.25, -0.2) is 8.42 Å². The van der Waals surface area contributed by atoms with Crippen molar-refractivity contribution in [1.82, 2.24) is 0 Å². The molecule has 1 aliphatic rings. The first kappa shape index (κ1) is 16.8. The molecule has 0 spiro atoms. The predicted octanol–water partition coefficient (Wildman–Crippen LogP) is 4.50. The van der Waals surface area contributed by atoms with Crippen molar-refractivity contribution in [2.75, 3.05) is 13.4 Å². The lowest BCUT2D eigenvalue weighted by Gasteiger charge is -2.12. The van der Waals surface area contributed by atoms with Gasteiger partial charge in [-0.2, -0.15) is 0 Å². The second-order valence-electron chi connectivity index (χ2n) is 6.29. The van der Waals surface area contributed by atoms with E-state index in [4.69, 9.17) is 4.74 Å². The fraction of sp³-hybridized carbons (Fsp3) is 0.300. The van der Waals surface area contributed by atoms with Gasteiger partial charge in [-0.3, -0.25) is 0 Å². The van der Waals surface area contributed by atoms with Crippen LogP contribution >= 0.6 is 0 Å². The molecule has 0 radical (unpaired) electrons. The standard InChI is InChI=1S/C20H22O3S/c1-14-7-8-16(13-20(14)23-2)19-6-4-5-18(19)15-9-11-17(12-10-15)24(3,21)22/h7-13H,4-6H2,1-3H3. The van der Waals surface area contributed by atoms with Crippen molar-refractivity contribution in [2.24, 2.45) is 0 Å². The molecule has 0 fully saturated rings. The number of sulfone groups is 1. The summed E-state index contributed by atoms with van der Waals surface area (Å²) in [6, 6.07) is 13.6. The van der Waals surface area contributed by atoms with Crippen LogP contribution in [0.2, 0.25) is 0 Å². The average molecular weight is 342 g/mol. The first-order valence-electron chi connectivity index (χ1n) is 8.07. The molecule has 0 unspecified atom stereocenters. The molecule has 0 N–H and O–H groups in total. The molecule has 2 aromatic rings. The Kier molecular flexibility index (Phi) is 4.50. The quantitative estimate of drug-likeness (QED) is 0.821. The lowest BCUT2D eigenvalue weighted by Crippen LogP contribution is -1.97. The summed E-state index contributed by atoms with van der Waals surface area (Å²) in [7, 11) is -1.46.